The molecule has 0 aromatic heterocycles. The molecule has 4 rings (SSSR count). The highest BCUT2D eigenvalue weighted by Gasteiger charge is 2.16. The Morgan fingerprint density at radius 1 is 0.889 bits per heavy atom. The molecule has 0 radical (unpaired) electrons. The fourth-order valence-electron chi connectivity index (χ4n) is 3.66. The molecular weight excluding hydrogens is 474 g/mol. The summed E-state index contributed by atoms with van der Waals surface area (Å²) in [6.07, 6.45) is 1.59. The number of carbonyl (C=O) groups is 1. The number of nitrogens with one attached hydrogen (secondary N) is 2. The van der Waals surface area contributed by atoms with Gasteiger partial charge in [-0.15, -0.1) is 0 Å². The number of hydrogen-bond acceptors (Lipinski definition) is 6. The number of carbonyl (C=O) groups excluding carboxylic acids is 1. The number of thiocarbonyl (C=S) groups is 1. The summed E-state index contributed by atoms with van der Waals surface area (Å²) >= 11 is 5.36. The second-order valence-electron chi connectivity index (χ2n) is 7.85. The maximum atomic E-state index is 13.0. The highest BCUT2D eigenvalue weighted by Crippen LogP contribution is 2.30. The van der Waals surface area contributed by atoms with Crippen LogP contribution in [0.25, 0.3) is 10.8 Å². The summed E-state index contributed by atoms with van der Waals surface area (Å²) in [6, 6.07) is 24.1. The lowest BCUT2D eigenvalue weighted by atomic mass is 10.0. The number of nitrogens with zero attached hydrogens (tertiary/aromatic N) is 1. The van der Waals surface area contributed by atoms with Gasteiger partial charge in [0.15, 0.2) is 16.6 Å². The molecule has 0 unspecified atom stereocenters. The van der Waals surface area contributed by atoms with Crippen LogP contribution < -0.4 is 25.0 Å². The van der Waals surface area contributed by atoms with E-state index in [1.165, 1.54) is 14.2 Å². The average molecular weight is 500 g/mol. The van der Waals surface area contributed by atoms with Crippen molar-refractivity contribution in [3.05, 3.63) is 95.6 Å². The van der Waals surface area contributed by atoms with Crippen molar-refractivity contribution in [2.24, 2.45) is 5.10 Å². The molecule has 4 aromatic carbocycles. The number of aryl methyl sites for hydroxylation is 1. The molecule has 0 aliphatic heterocycles. The Morgan fingerprint density at radius 3 is 2.44 bits per heavy atom. The van der Waals surface area contributed by atoms with Gasteiger partial charge in [0.05, 0.1) is 26.0 Å². The van der Waals surface area contributed by atoms with E-state index in [9.17, 15) is 4.79 Å². The third-order valence-corrected chi connectivity index (χ3v) is 5.58. The van der Waals surface area contributed by atoms with E-state index in [0.717, 1.165) is 22.0 Å². The Bertz CT molecular complexity index is 1450. The number of benzene rings is 4. The summed E-state index contributed by atoms with van der Waals surface area (Å²) < 4.78 is 16.3. The topological polar surface area (TPSA) is 81.2 Å². The van der Waals surface area contributed by atoms with Crippen LogP contribution in [-0.2, 0) is 0 Å². The van der Waals surface area contributed by atoms with Crippen LogP contribution in [-0.4, -0.2) is 31.5 Å². The number of rotatable bonds is 7. The molecule has 182 valence electrons. The summed E-state index contributed by atoms with van der Waals surface area (Å²) in [6.45, 7) is 2.01. The van der Waals surface area contributed by atoms with Crippen molar-refractivity contribution in [3.63, 3.8) is 0 Å². The third-order valence-electron chi connectivity index (χ3n) is 5.39. The Labute approximate surface area is 214 Å². The van der Waals surface area contributed by atoms with Crippen molar-refractivity contribution in [2.45, 2.75) is 6.92 Å². The minimum absolute atomic E-state index is 0.324. The Morgan fingerprint density at radius 2 is 1.67 bits per heavy atom. The molecule has 0 fully saturated rings. The molecule has 7 nitrogen and oxygen atoms in total. The molecule has 2 N–H and O–H groups in total. The van der Waals surface area contributed by atoms with Crippen molar-refractivity contribution in [3.8, 4) is 17.2 Å². The number of hydrazone groups is 1. The van der Waals surface area contributed by atoms with E-state index in [0.29, 0.717) is 33.5 Å². The first-order chi connectivity index (χ1) is 17.5. The molecule has 0 saturated heterocycles. The van der Waals surface area contributed by atoms with Crippen LogP contribution in [0.5, 0.6) is 17.2 Å². The van der Waals surface area contributed by atoms with Crippen LogP contribution in [0, 0.1) is 6.92 Å². The van der Waals surface area contributed by atoms with Crippen LogP contribution in [0.2, 0.25) is 0 Å². The summed E-state index contributed by atoms with van der Waals surface area (Å²) in [7, 11) is 3.04. The Hall–Kier alpha value is -4.43. The molecule has 0 amide bonds. The van der Waals surface area contributed by atoms with E-state index in [2.05, 4.69) is 15.8 Å². The lowest BCUT2D eigenvalue weighted by Crippen LogP contribution is -2.23. The second kappa shape index (κ2) is 11.3. The zero-order valence-electron chi connectivity index (χ0n) is 20.1. The van der Waals surface area contributed by atoms with Gasteiger partial charge in [-0.2, -0.15) is 5.10 Å². The zero-order chi connectivity index (χ0) is 25.5. The number of anilines is 1. The largest absolute Gasteiger partial charge is 0.493 e. The minimum Gasteiger partial charge on any atom is -0.493 e. The predicted octanol–water partition coefficient (Wildman–Crippen LogP) is 5.71. The van der Waals surface area contributed by atoms with Crippen molar-refractivity contribution < 1.29 is 19.0 Å². The lowest BCUT2D eigenvalue weighted by Gasteiger charge is -2.12. The molecule has 0 aliphatic carbocycles. The lowest BCUT2D eigenvalue weighted by molar-refractivity contribution is 0.0734. The maximum Gasteiger partial charge on any atom is 0.343 e. The zero-order valence-corrected chi connectivity index (χ0v) is 20.9. The first kappa shape index (κ1) is 24.7. The molecule has 0 heterocycles. The molecule has 0 spiro atoms. The predicted molar refractivity (Wildman–Crippen MR) is 147 cm³/mol. The standard InChI is InChI=1S/C28H25N3O4S/c1-18-7-6-9-21(15-18)30-28(36)31-29-17-23-22-10-5-4-8-19(22)11-13-24(23)35-27(32)20-12-14-25(33-2)26(16-20)34-3/h4-17H,1-3H3,(H2,30,31,36). The fraction of sp³-hybridized carbons (Fsp3) is 0.107. The highest BCUT2D eigenvalue weighted by atomic mass is 32.1. The van der Waals surface area contributed by atoms with E-state index < -0.39 is 5.97 Å². The number of fused-ring (bicyclic) bond motifs is 1. The molecular formula is C28H25N3O4S. The summed E-state index contributed by atoms with van der Waals surface area (Å²) in [5.74, 6) is 0.780. The molecule has 0 aliphatic rings. The van der Waals surface area contributed by atoms with Gasteiger partial charge in [-0.3, -0.25) is 5.43 Å². The number of hydrogen-bond donors (Lipinski definition) is 2. The highest BCUT2D eigenvalue weighted by molar-refractivity contribution is 7.80. The Balaban J connectivity index is 1.57. The average Bonchev–Trinajstić information content (AvgIpc) is 2.89. The van der Waals surface area contributed by atoms with Crippen molar-refractivity contribution in [1.82, 2.24) is 5.43 Å². The van der Waals surface area contributed by atoms with Crippen LogP contribution in [0.1, 0.15) is 21.5 Å². The quantitative estimate of drug-likeness (QED) is 0.111. The van der Waals surface area contributed by atoms with E-state index >= 15 is 0 Å². The minimum atomic E-state index is -0.537. The van der Waals surface area contributed by atoms with E-state index in [1.807, 2.05) is 61.5 Å². The van der Waals surface area contributed by atoms with Crippen LogP contribution in [0.3, 0.4) is 0 Å². The number of methoxy groups -OCH3 is 2. The normalized spacial score (nSPS) is 10.8. The van der Waals surface area contributed by atoms with Crippen LogP contribution in [0.15, 0.2) is 84.0 Å². The smallest absolute Gasteiger partial charge is 0.343 e. The first-order valence-corrected chi connectivity index (χ1v) is 11.5. The van der Waals surface area contributed by atoms with E-state index in [-0.39, 0.29) is 0 Å². The van der Waals surface area contributed by atoms with Crippen molar-refractivity contribution in [1.29, 1.82) is 0 Å². The fourth-order valence-corrected chi connectivity index (χ4v) is 3.83. The first-order valence-electron chi connectivity index (χ1n) is 11.1. The monoisotopic (exact) mass is 499 g/mol. The Kier molecular flexibility index (Phi) is 7.77. The second-order valence-corrected chi connectivity index (χ2v) is 8.26. The van der Waals surface area contributed by atoms with E-state index in [1.54, 1.807) is 30.5 Å². The van der Waals surface area contributed by atoms with Gasteiger partial charge in [0.25, 0.3) is 0 Å². The molecule has 36 heavy (non-hydrogen) atoms. The summed E-state index contributed by atoms with van der Waals surface area (Å²) in [5, 5.41) is 9.57. The van der Waals surface area contributed by atoms with Gasteiger partial charge in [0.1, 0.15) is 5.75 Å². The van der Waals surface area contributed by atoms with Gasteiger partial charge in [0.2, 0.25) is 0 Å². The van der Waals surface area contributed by atoms with Gasteiger partial charge < -0.3 is 19.5 Å². The third kappa shape index (κ3) is 5.79. The van der Waals surface area contributed by atoms with E-state index in [4.69, 9.17) is 26.4 Å². The summed E-state index contributed by atoms with van der Waals surface area (Å²) in [4.78, 5) is 13.0. The number of ether oxygens (including phenoxy) is 3. The SMILES string of the molecule is COc1ccc(C(=O)Oc2ccc3ccccc3c2C=NNC(=S)Nc2cccc(C)c2)cc1OC. The van der Waals surface area contributed by atoms with Gasteiger partial charge in [-0.25, -0.2) is 4.79 Å². The van der Waals surface area contributed by atoms with Gasteiger partial charge in [-0.05, 0) is 71.9 Å². The van der Waals surface area contributed by atoms with Gasteiger partial charge in [-0.1, -0.05) is 42.5 Å². The summed E-state index contributed by atoms with van der Waals surface area (Å²) in [5.41, 5.74) is 5.75. The maximum absolute atomic E-state index is 13.0. The molecule has 0 atom stereocenters. The van der Waals surface area contributed by atoms with Crippen LogP contribution in [0.4, 0.5) is 5.69 Å². The number of esters is 1. The van der Waals surface area contributed by atoms with Gasteiger partial charge in [0, 0.05) is 11.3 Å². The molecule has 8 heteroatoms. The molecule has 0 bridgehead atoms. The molecule has 0 saturated carbocycles. The van der Waals surface area contributed by atoms with Crippen molar-refractivity contribution in [2.75, 3.05) is 19.5 Å². The van der Waals surface area contributed by atoms with Crippen molar-refractivity contribution >= 4 is 46.0 Å². The molecule has 4 aromatic rings. The van der Waals surface area contributed by atoms with Gasteiger partial charge >= 0.3 is 5.97 Å². The van der Waals surface area contributed by atoms with Crippen LogP contribution >= 0.6 is 12.2 Å².